The van der Waals surface area contributed by atoms with E-state index in [1.807, 2.05) is 0 Å². The molecule has 0 saturated heterocycles. The van der Waals surface area contributed by atoms with Crippen molar-refractivity contribution in [3.63, 3.8) is 0 Å². The normalized spacial score (nSPS) is 19.6. The third-order valence-electron chi connectivity index (χ3n) is 4.02. The van der Waals surface area contributed by atoms with Crippen molar-refractivity contribution < 1.29 is 0 Å². The Morgan fingerprint density at radius 1 is 0.850 bits per heavy atom. The Kier molecular flexibility index (Phi) is 7.19. The van der Waals surface area contributed by atoms with E-state index in [1.165, 1.54) is 44.4 Å². The Morgan fingerprint density at radius 3 is 1.70 bits per heavy atom. The van der Waals surface area contributed by atoms with Gasteiger partial charge in [0.1, 0.15) is 0 Å². The van der Waals surface area contributed by atoms with Crippen LogP contribution in [0.25, 0.3) is 0 Å². The lowest BCUT2D eigenvalue weighted by atomic mass is 9.96. The van der Waals surface area contributed by atoms with Crippen molar-refractivity contribution in [1.29, 1.82) is 0 Å². The van der Waals surface area contributed by atoms with Crippen molar-refractivity contribution in [2.45, 2.75) is 77.4 Å². The zero-order valence-corrected chi connectivity index (χ0v) is 18.5. The first kappa shape index (κ1) is 18.6. The summed E-state index contributed by atoms with van der Waals surface area (Å²) in [5.41, 5.74) is 0. The summed E-state index contributed by atoms with van der Waals surface area (Å²) in [7, 11) is 0.241. The third kappa shape index (κ3) is 8.12. The third-order valence-corrected chi connectivity index (χ3v) is 9.51. The van der Waals surface area contributed by atoms with Crippen molar-refractivity contribution in [3.05, 3.63) is 0 Å². The second-order valence-corrected chi connectivity index (χ2v) is 22.3. The SMILES string of the molecule is CN([SiH2]N(C[Si](C)(C)C)C[Si](C)(C)C)C1CCCCC1. The molecule has 1 fully saturated rings. The minimum absolute atomic E-state index is 0.219. The Bertz CT molecular complexity index is 262. The molecule has 0 radical (unpaired) electrons. The maximum atomic E-state index is 2.92. The van der Waals surface area contributed by atoms with Crippen LogP contribution in [0.3, 0.4) is 0 Å². The largest absolute Gasteiger partial charge is 0.321 e. The molecular weight excluding hydrogens is 292 g/mol. The fraction of sp³-hybridized carbons (Fsp3) is 1.00. The van der Waals surface area contributed by atoms with Crippen LogP contribution in [0.1, 0.15) is 32.1 Å². The highest BCUT2D eigenvalue weighted by Crippen LogP contribution is 2.21. The van der Waals surface area contributed by atoms with Crippen LogP contribution in [0.15, 0.2) is 0 Å². The molecule has 2 nitrogen and oxygen atoms in total. The van der Waals surface area contributed by atoms with E-state index in [0.29, 0.717) is 0 Å². The highest BCUT2D eigenvalue weighted by atomic mass is 28.3. The molecule has 0 unspecified atom stereocenters. The standard InChI is InChI=1S/C15H38N2Si3/c1-16(15-11-9-8-10-12-15)18-17(13-19(2,3)4)14-20(5,6)7/h15H,8-14,18H2,1-7H3. The van der Waals surface area contributed by atoms with Gasteiger partial charge in [-0.25, -0.2) is 0 Å². The molecule has 0 heterocycles. The zero-order valence-electron chi connectivity index (χ0n) is 15.1. The van der Waals surface area contributed by atoms with Gasteiger partial charge in [-0.05, 0) is 32.2 Å². The fourth-order valence-electron chi connectivity index (χ4n) is 3.45. The predicted octanol–water partition coefficient (Wildman–Crippen LogP) is 3.31. The molecule has 0 amide bonds. The lowest BCUT2D eigenvalue weighted by Gasteiger charge is -2.39. The molecule has 0 aromatic heterocycles. The van der Waals surface area contributed by atoms with Crippen LogP contribution in [0.2, 0.25) is 39.3 Å². The van der Waals surface area contributed by atoms with Gasteiger partial charge < -0.3 is 9.13 Å². The van der Waals surface area contributed by atoms with Gasteiger partial charge in [0.05, 0.1) is 16.1 Å². The van der Waals surface area contributed by atoms with Gasteiger partial charge in [0.15, 0.2) is 9.84 Å². The van der Waals surface area contributed by atoms with Gasteiger partial charge in [-0.3, -0.25) is 0 Å². The summed E-state index contributed by atoms with van der Waals surface area (Å²) in [6, 6.07) is 0.904. The van der Waals surface area contributed by atoms with E-state index in [2.05, 4.69) is 55.5 Å². The molecular formula is C15H38N2Si3. The highest BCUT2D eigenvalue weighted by molar-refractivity contribution is 6.78. The van der Waals surface area contributed by atoms with E-state index in [9.17, 15) is 0 Å². The minimum Gasteiger partial charge on any atom is -0.321 e. The summed E-state index contributed by atoms with van der Waals surface area (Å²) in [6.07, 6.45) is 10.1. The fourth-order valence-corrected chi connectivity index (χ4v) is 12.6. The Hall–Kier alpha value is 0.571. The first-order chi connectivity index (χ1) is 9.07. The smallest absolute Gasteiger partial charge is 0.172 e. The van der Waals surface area contributed by atoms with Crippen molar-refractivity contribution >= 4 is 26.0 Å². The Morgan fingerprint density at radius 2 is 1.30 bits per heavy atom. The van der Waals surface area contributed by atoms with Crippen LogP contribution in [-0.4, -0.2) is 60.5 Å². The predicted molar refractivity (Wildman–Crippen MR) is 101 cm³/mol. The number of hydrogen-bond donors (Lipinski definition) is 0. The van der Waals surface area contributed by atoms with E-state index >= 15 is 0 Å². The van der Waals surface area contributed by atoms with Crippen LogP contribution in [0, 0.1) is 0 Å². The van der Waals surface area contributed by atoms with Gasteiger partial charge in [0, 0.05) is 6.04 Å². The van der Waals surface area contributed by atoms with E-state index in [1.54, 1.807) is 0 Å². The number of hydrogen-bond acceptors (Lipinski definition) is 2. The van der Waals surface area contributed by atoms with Crippen molar-refractivity contribution in [2.24, 2.45) is 0 Å². The van der Waals surface area contributed by atoms with E-state index in [-0.39, 0.29) is 9.84 Å². The van der Waals surface area contributed by atoms with Crippen LogP contribution >= 0.6 is 0 Å². The Balaban J connectivity index is 2.57. The van der Waals surface area contributed by atoms with E-state index in [0.717, 1.165) is 6.04 Å². The minimum atomic E-state index is -0.980. The topological polar surface area (TPSA) is 6.48 Å². The van der Waals surface area contributed by atoms with Gasteiger partial charge >= 0.3 is 0 Å². The molecule has 1 aliphatic carbocycles. The first-order valence-electron chi connectivity index (χ1n) is 8.49. The van der Waals surface area contributed by atoms with Gasteiger partial charge in [0.2, 0.25) is 0 Å². The van der Waals surface area contributed by atoms with Gasteiger partial charge in [0.25, 0.3) is 0 Å². The summed E-state index contributed by atoms with van der Waals surface area (Å²) in [5.74, 6) is 0. The Labute approximate surface area is 132 Å². The van der Waals surface area contributed by atoms with E-state index in [4.69, 9.17) is 0 Å². The maximum absolute atomic E-state index is 2.92. The molecule has 0 spiro atoms. The summed E-state index contributed by atoms with van der Waals surface area (Å²) < 4.78 is 5.71. The summed E-state index contributed by atoms with van der Waals surface area (Å²) in [4.78, 5) is 0. The summed E-state index contributed by atoms with van der Waals surface area (Å²) >= 11 is 0. The lowest BCUT2D eigenvalue weighted by Crippen LogP contribution is -2.54. The molecule has 1 aliphatic rings. The van der Waals surface area contributed by atoms with Crippen LogP contribution in [0.5, 0.6) is 0 Å². The molecule has 0 aromatic rings. The van der Waals surface area contributed by atoms with Crippen molar-refractivity contribution in [3.8, 4) is 0 Å². The van der Waals surface area contributed by atoms with Crippen molar-refractivity contribution in [2.75, 3.05) is 19.4 Å². The molecule has 0 aromatic carbocycles. The van der Waals surface area contributed by atoms with Crippen LogP contribution < -0.4 is 0 Å². The molecule has 20 heavy (non-hydrogen) atoms. The van der Waals surface area contributed by atoms with Crippen molar-refractivity contribution in [1.82, 2.24) is 9.13 Å². The second kappa shape index (κ2) is 7.72. The summed E-state index contributed by atoms with van der Waals surface area (Å²) in [5, 5.41) is 0. The molecule has 120 valence electrons. The zero-order chi connectivity index (χ0) is 15.4. The first-order valence-corrected chi connectivity index (χ1v) is 17.2. The molecule has 1 saturated carbocycles. The van der Waals surface area contributed by atoms with Gasteiger partial charge in [-0.15, -0.1) is 0 Å². The lowest BCUT2D eigenvalue weighted by molar-refractivity contribution is 0.277. The molecule has 0 N–H and O–H groups in total. The monoisotopic (exact) mass is 330 g/mol. The molecule has 0 atom stereocenters. The maximum Gasteiger partial charge on any atom is 0.172 e. The average molecular weight is 331 g/mol. The highest BCUT2D eigenvalue weighted by Gasteiger charge is 2.27. The molecule has 5 heteroatoms. The quantitative estimate of drug-likeness (QED) is 0.661. The van der Waals surface area contributed by atoms with Gasteiger partial charge in [-0.2, -0.15) is 0 Å². The average Bonchev–Trinajstić information content (AvgIpc) is 2.25. The number of rotatable bonds is 7. The van der Waals surface area contributed by atoms with Crippen LogP contribution in [-0.2, 0) is 0 Å². The number of nitrogens with zero attached hydrogens (tertiary/aromatic N) is 2. The molecule has 1 rings (SSSR count). The molecule has 0 bridgehead atoms. The second-order valence-electron chi connectivity index (χ2n) is 9.30. The van der Waals surface area contributed by atoms with Gasteiger partial charge in [-0.1, -0.05) is 58.5 Å². The van der Waals surface area contributed by atoms with E-state index < -0.39 is 16.1 Å². The summed E-state index contributed by atoms with van der Waals surface area (Å²) in [6.45, 7) is 15.2. The molecule has 0 aliphatic heterocycles. The van der Waals surface area contributed by atoms with Crippen LogP contribution in [0.4, 0.5) is 0 Å².